The second-order valence-corrected chi connectivity index (χ2v) is 6.94. The molecule has 1 rings (SSSR count). The summed E-state index contributed by atoms with van der Waals surface area (Å²) in [6, 6.07) is 4.86. The lowest BCUT2D eigenvalue weighted by molar-refractivity contribution is -0.540. The van der Waals surface area contributed by atoms with Crippen molar-refractivity contribution in [2.75, 3.05) is 7.11 Å². The number of benzene rings is 1. The van der Waals surface area contributed by atoms with Crippen molar-refractivity contribution in [3.8, 4) is 11.5 Å². The average molecular weight is 279 g/mol. The van der Waals surface area contributed by atoms with Crippen molar-refractivity contribution in [3.63, 3.8) is 0 Å². The summed E-state index contributed by atoms with van der Waals surface area (Å²) in [6.45, 7) is 10.2. The quantitative estimate of drug-likeness (QED) is 0.397. The number of hydrogen-bond donors (Lipinski definition) is 1. The molecule has 4 nitrogen and oxygen atoms in total. The highest BCUT2D eigenvalue weighted by Gasteiger charge is 2.32. The van der Waals surface area contributed by atoms with Crippen LogP contribution in [0.25, 0.3) is 0 Å². The number of hydrogen-bond acceptors (Lipinski definition) is 3. The van der Waals surface area contributed by atoms with Gasteiger partial charge in [0, 0.05) is 25.8 Å². The smallest absolute Gasteiger partial charge is 0.182 e. The monoisotopic (exact) mass is 279 g/mol. The van der Waals surface area contributed by atoms with Crippen molar-refractivity contribution in [2.24, 2.45) is 5.41 Å². The molecule has 20 heavy (non-hydrogen) atoms. The number of nitrogens with zero attached hydrogens (tertiary/aromatic N) is 1. The summed E-state index contributed by atoms with van der Waals surface area (Å²) < 4.78 is 6.02. The molecule has 1 N–H and O–H groups in total. The molecule has 0 bridgehead atoms. The summed E-state index contributed by atoms with van der Waals surface area (Å²) in [7, 11) is 1.48. The van der Waals surface area contributed by atoms with Gasteiger partial charge in [-0.2, -0.15) is 0 Å². The van der Waals surface area contributed by atoms with E-state index in [2.05, 4.69) is 20.8 Å². The van der Waals surface area contributed by atoms with Gasteiger partial charge in [-0.15, -0.1) is 0 Å². The fourth-order valence-corrected chi connectivity index (χ4v) is 2.46. The van der Waals surface area contributed by atoms with Gasteiger partial charge in [-0.1, -0.05) is 20.8 Å². The molecule has 0 saturated heterocycles. The Morgan fingerprint density at radius 1 is 1.25 bits per heavy atom. The van der Waals surface area contributed by atoms with Gasteiger partial charge in [0.05, 0.1) is 7.11 Å². The van der Waals surface area contributed by atoms with Crippen molar-refractivity contribution < 1.29 is 14.6 Å². The lowest BCUT2D eigenvalue weighted by atomic mass is 9.82. The number of methoxy groups -OCH3 is 1. The van der Waals surface area contributed by atoms with Crippen LogP contribution in [0.2, 0.25) is 0 Å². The summed E-state index contributed by atoms with van der Waals surface area (Å²) in [5, 5.41) is 21.9. The van der Waals surface area contributed by atoms with Crippen molar-refractivity contribution in [1.82, 2.24) is 0 Å². The van der Waals surface area contributed by atoms with E-state index < -0.39 is 5.54 Å². The number of rotatable bonds is 4. The molecule has 0 atom stereocenters. The Kier molecular flexibility index (Phi) is 4.69. The van der Waals surface area contributed by atoms with E-state index >= 15 is 0 Å². The Bertz CT molecular complexity index is 499. The zero-order chi connectivity index (χ0) is 15.6. The van der Waals surface area contributed by atoms with Gasteiger partial charge in [0.25, 0.3) is 0 Å². The first kappa shape index (κ1) is 16.3. The minimum atomic E-state index is -0.497. The Labute approximate surface area is 121 Å². The summed E-state index contributed by atoms with van der Waals surface area (Å²) in [4.78, 5) is 0. The highest BCUT2D eigenvalue weighted by molar-refractivity contribution is 5.77. The van der Waals surface area contributed by atoms with Gasteiger partial charge >= 0.3 is 0 Å². The highest BCUT2D eigenvalue weighted by atomic mass is 16.5. The highest BCUT2D eigenvalue weighted by Crippen LogP contribution is 2.29. The Morgan fingerprint density at radius 3 is 2.35 bits per heavy atom. The molecule has 0 radical (unpaired) electrons. The van der Waals surface area contributed by atoms with Gasteiger partial charge in [-0.05, 0) is 23.6 Å². The molecule has 1 aromatic carbocycles. The second-order valence-electron chi connectivity index (χ2n) is 6.94. The van der Waals surface area contributed by atoms with Crippen LogP contribution in [0.5, 0.6) is 11.5 Å². The lowest BCUT2D eigenvalue weighted by Gasteiger charge is -2.30. The van der Waals surface area contributed by atoms with Crippen LogP contribution in [0.3, 0.4) is 0 Å². The zero-order valence-electron chi connectivity index (χ0n) is 13.2. The third-order valence-electron chi connectivity index (χ3n) is 3.03. The molecule has 0 saturated carbocycles. The fourth-order valence-electron chi connectivity index (χ4n) is 2.46. The molecular formula is C16H25NO3. The van der Waals surface area contributed by atoms with Crippen LogP contribution < -0.4 is 4.74 Å². The van der Waals surface area contributed by atoms with Crippen LogP contribution in [0, 0.1) is 10.6 Å². The molecular weight excluding hydrogens is 254 g/mol. The fraction of sp³-hybridized carbons (Fsp3) is 0.562. The summed E-state index contributed by atoms with van der Waals surface area (Å²) in [6.07, 6.45) is 2.31. The van der Waals surface area contributed by atoms with Gasteiger partial charge in [-0.25, -0.2) is 4.74 Å². The van der Waals surface area contributed by atoms with Crippen LogP contribution in [0.15, 0.2) is 18.2 Å². The summed E-state index contributed by atoms with van der Waals surface area (Å²) in [5.41, 5.74) is 0.285. The van der Waals surface area contributed by atoms with Crippen molar-refractivity contribution in [1.29, 1.82) is 0 Å². The molecule has 0 aliphatic rings. The molecule has 0 unspecified atom stereocenters. The van der Waals surface area contributed by atoms with E-state index in [4.69, 9.17) is 4.74 Å². The topological polar surface area (TPSA) is 55.5 Å². The third-order valence-corrected chi connectivity index (χ3v) is 3.03. The van der Waals surface area contributed by atoms with E-state index in [1.54, 1.807) is 12.1 Å². The predicted molar refractivity (Wildman–Crippen MR) is 81.6 cm³/mol. The molecule has 0 aliphatic heterocycles. The van der Waals surface area contributed by atoms with Crippen molar-refractivity contribution in [2.45, 2.75) is 46.6 Å². The lowest BCUT2D eigenvalue weighted by Crippen LogP contribution is -2.37. The average Bonchev–Trinajstić information content (AvgIpc) is 2.28. The third kappa shape index (κ3) is 4.44. The van der Waals surface area contributed by atoms with Crippen LogP contribution in [-0.4, -0.2) is 28.7 Å². The van der Waals surface area contributed by atoms with Gasteiger partial charge in [0.15, 0.2) is 23.3 Å². The minimum Gasteiger partial charge on any atom is -0.623 e. The zero-order valence-corrected chi connectivity index (χ0v) is 13.2. The number of aromatic hydroxyl groups is 1. The largest absolute Gasteiger partial charge is 0.623 e. The van der Waals surface area contributed by atoms with E-state index in [0.29, 0.717) is 11.3 Å². The first-order valence-electron chi connectivity index (χ1n) is 6.73. The first-order chi connectivity index (χ1) is 9.05. The molecule has 0 heterocycles. The number of phenols is 1. The first-order valence-corrected chi connectivity index (χ1v) is 6.73. The molecule has 0 aliphatic carbocycles. The molecule has 112 valence electrons. The minimum absolute atomic E-state index is 0.0658. The molecule has 0 amide bonds. The van der Waals surface area contributed by atoms with Crippen molar-refractivity contribution >= 4 is 6.21 Å². The molecule has 4 heteroatoms. The SMILES string of the molecule is COc1cc(/C=[N+](\[O-])C(C)(C)CC(C)(C)C)ccc1O. The van der Waals surface area contributed by atoms with Crippen LogP contribution in [0.1, 0.15) is 46.6 Å². The Hall–Kier alpha value is -1.71. The van der Waals surface area contributed by atoms with Crippen LogP contribution >= 0.6 is 0 Å². The number of ether oxygens (including phenoxy) is 1. The van der Waals surface area contributed by atoms with E-state index in [-0.39, 0.29) is 11.2 Å². The van der Waals surface area contributed by atoms with Gasteiger partial charge in [0.1, 0.15) is 0 Å². The Balaban J connectivity index is 3.04. The van der Waals surface area contributed by atoms with E-state index in [9.17, 15) is 10.3 Å². The van der Waals surface area contributed by atoms with Gasteiger partial charge in [-0.3, -0.25) is 0 Å². The second kappa shape index (κ2) is 5.73. The van der Waals surface area contributed by atoms with Crippen LogP contribution in [0.4, 0.5) is 0 Å². The Morgan fingerprint density at radius 2 is 1.85 bits per heavy atom. The number of phenolic OH excluding ortho intramolecular Hbond substituents is 1. The standard InChI is InChI=1S/C16H25NO3/c1-15(2,3)11-16(4,5)17(19)10-12-7-8-13(18)14(9-12)20-6/h7-10,18H,11H2,1-6H3/b17-10-. The van der Waals surface area contributed by atoms with E-state index in [0.717, 1.165) is 11.2 Å². The molecule has 1 aromatic rings. The maximum atomic E-state index is 12.4. The molecule has 0 aromatic heterocycles. The van der Waals surface area contributed by atoms with E-state index in [1.807, 2.05) is 13.8 Å². The molecule has 0 fully saturated rings. The van der Waals surface area contributed by atoms with Gasteiger partial charge in [0.2, 0.25) is 0 Å². The van der Waals surface area contributed by atoms with E-state index in [1.165, 1.54) is 19.4 Å². The normalized spacial score (nSPS) is 13.4. The maximum absolute atomic E-state index is 12.4. The van der Waals surface area contributed by atoms with Crippen LogP contribution in [-0.2, 0) is 0 Å². The summed E-state index contributed by atoms with van der Waals surface area (Å²) in [5.74, 6) is 0.428. The summed E-state index contributed by atoms with van der Waals surface area (Å²) >= 11 is 0. The van der Waals surface area contributed by atoms with Gasteiger partial charge < -0.3 is 15.1 Å². The van der Waals surface area contributed by atoms with Crippen molar-refractivity contribution in [3.05, 3.63) is 29.0 Å². The molecule has 0 spiro atoms. The maximum Gasteiger partial charge on any atom is 0.182 e. The predicted octanol–water partition coefficient (Wildman–Crippen LogP) is 3.54. The number of hydroxylamine groups is 1.